The van der Waals surface area contributed by atoms with Crippen molar-refractivity contribution >= 4 is 18.3 Å². The Kier molecular flexibility index (Phi) is 195. The standard InChI is InChI=1S/2H2O3Si.5H2O/c2*1-4(2)3;;;;;/h2*1-2H;5*1H2. The summed E-state index contributed by atoms with van der Waals surface area (Å²) in [6, 6.07) is 0. The molecule has 0 rings (SSSR count). The minimum Gasteiger partial charge on any atom is -0.511 e. The van der Waals surface area contributed by atoms with E-state index in [-0.39, 0.29) is 27.4 Å². The van der Waals surface area contributed by atoms with E-state index in [1.165, 1.54) is 0 Å². The first-order valence-electron chi connectivity index (χ1n) is 1.30. The van der Waals surface area contributed by atoms with Crippen LogP contribution in [0.4, 0.5) is 0 Å². The molecule has 0 aromatic rings. The lowest BCUT2D eigenvalue weighted by Crippen LogP contribution is -1.90. The summed E-state index contributed by atoms with van der Waals surface area (Å²) in [7, 11) is -6.26. The molecule has 14 N–H and O–H groups in total. The smallest absolute Gasteiger partial charge is 0.511 e. The zero-order valence-corrected chi connectivity index (χ0v) is 8.11. The first kappa shape index (κ1) is 57.8. The summed E-state index contributed by atoms with van der Waals surface area (Å²) < 4.78 is 17.5. The van der Waals surface area contributed by atoms with Gasteiger partial charge < -0.3 is 46.6 Å². The lowest BCUT2D eigenvalue weighted by Gasteiger charge is -1.55. The Hall–Kier alpha value is -0.966. The normalized spacial score (nSPS) is 3.69. The maximum atomic E-state index is 8.74. The van der Waals surface area contributed by atoms with Crippen molar-refractivity contribution in [2.45, 2.75) is 0 Å². The Morgan fingerprint density at radius 1 is 0.538 bits per heavy atom. The quantitative estimate of drug-likeness (QED) is 0.301. The van der Waals surface area contributed by atoms with Crippen molar-refractivity contribution in [1.29, 1.82) is 0 Å². The average Bonchev–Trinajstić information content (AvgIpc) is 1.25. The predicted octanol–water partition coefficient (Wildman–Crippen LogP) is -7.35. The second kappa shape index (κ2) is 43.8. The molecule has 0 saturated heterocycles. The van der Waals surface area contributed by atoms with Gasteiger partial charge in [-0.3, -0.25) is 8.92 Å². The molecule has 0 aromatic heterocycles. The summed E-state index contributed by atoms with van der Waals surface area (Å²) in [5.41, 5.74) is 0. The molecule has 13 heteroatoms. The van der Waals surface area contributed by atoms with Crippen LogP contribution >= 0.6 is 0 Å². The van der Waals surface area contributed by atoms with Crippen LogP contribution in [0.3, 0.4) is 0 Å². The Morgan fingerprint density at radius 3 is 0.538 bits per heavy atom. The number of rotatable bonds is 0. The van der Waals surface area contributed by atoms with E-state index in [0.717, 1.165) is 0 Å². The van der Waals surface area contributed by atoms with Gasteiger partial charge in [0.15, 0.2) is 0 Å². The number of hydrogen-bond acceptors (Lipinski definition) is 2. The molecule has 0 aliphatic heterocycles. The third-order valence-corrected chi connectivity index (χ3v) is 0. The van der Waals surface area contributed by atoms with Gasteiger partial charge in [0, 0.05) is 0 Å². The molecule has 0 atom stereocenters. The van der Waals surface area contributed by atoms with Crippen LogP contribution in [0.25, 0.3) is 0 Å². The van der Waals surface area contributed by atoms with Crippen molar-refractivity contribution in [2.75, 3.05) is 0 Å². The lowest BCUT2D eigenvalue weighted by atomic mass is 15.8. The van der Waals surface area contributed by atoms with Gasteiger partial charge in [-0.1, -0.05) is 0 Å². The highest BCUT2D eigenvalue weighted by Crippen LogP contribution is 1.27. The maximum absolute atomic E-state index is 8.74. The first-order chi connectivity index (χ1) is 3.46. The van der Waals surface area contributed by atoms with Crippen LogP contribution in [0.1, 0.15) is 0 Å². The van der Waals surface area contributed by atoms with Crippen LogP contribution in [0, 0.1) is 0 Å². The molecule has 0 radical (unpaired) electrons. The van der Waals surface area contributed by atoms with Crippen LogP contribution in [0.15, 0.2) is 0 Å². The second-order valence-electron chi connectivity index (χ2n) is 0.565. The largest absolute Gasteiger partial charge is 0.761 e. The average molecular weight is 246 g/mol. The summed E-state index contributed by atoms with van der Waals surface area (Å²) in [4.78, 5) is 28.6. The van der Waals surface area contributed by atoms with Crippen LogP contribution in [-0.4, -0.2) is 64.9 Å². The zero-order chi connectivity index (χ0) is 7.15. The topological polar surface area (TPSA) is 273 Å². The van der Waals surface area contributed by atoms with Gasteiger partial charge in [-0.2, -0.15) is 0 Å². The van der Waals surface area contributed by atoms with E-state index in [1.54, 1.807) is 0 Å². The van der Waals surface area contributed by atoms with Crippen LogP contribution in [0.5, 0.6) is 0 Å². The zero-order valence-electron chi connectivity index (χ0n) is 6.11. The van der Waals surface area contributed by atoms with Gasteiger partial charge in [0.2, 0.25) is 0 Å². The molecule has 13 heavy (non-hydrogen) atoms. The van der Waals surface area contributed by atoms with Gasteiger partial charge >= 0.3 is 18.3 Å². The van der Waals surface area contributed by atoms with Crippen molar-refractivity contribution in [3.63, 3.8) is 0 Å². The van der Waals surface area contributed by atoms with Crippen molar-refractivity contribution in [3.8, 4) is 0 Å². The van der Waals surface area contributed by atoms with Gasteiger partial charge in [-0.15, -0.1) is 0 Å². The highest BCUT2D eigenvalue weighted by Gasteiger charge is 1.85. The van der Waals surface area contributed by atoms with Crippen LogP contribution in [0.2, 0.25) is 0 Å². The van der Waals surface area contributed by atoms with Crippen molar-refractivity contribution < 1.29 is 55.5 Å². The molecule has 0 aliphatic carbocycles. The highest BCUT2D eigenvalue weighted by molar-refractivity contribution is 6.22. The summed E-state index contributed by atoms with van der Waals surface area (Å²) in [6.07, 6.45) is 0. The van der Waals surface area contributed by atoms with Gasteiger partial charge in [-0.25, -0.2) is 0 Å². The van der Waals surface area contributed by atoms with Crippen molar-refractivity contribution in [1.82, 2.24) is 0 Å². The summed E-state index contributed by atoms with van der Waals surface area (Å²) in [5.74, 6) is 0. The lowest BCUT2D eigenvalue weighted by molar-refractivity contribution is 0.328. The van der Waals surface area contributed by atoms with E-state index in [2.05, 4.69) is 0 Å². The monoisotopic (exact) mass is 246 g/mol. The molecular weight excluding hydrogens is 232 g/mol. The Morgan fingerprint density at radius 2 is 0.538 bits per heavy atom. The Balaban J connectivity index is -0.00000000800. The second-order valence-corrected chi connectivity index (χ2v) is 1.70. The SMILES string of the molecule is O.O.O.O.O.O=[Si](O)O.O=[Si](O)O. The van der Waals surface area contributed by atoms with E-state index in [4.69, 9.17) is 28.1 Å². The third kappa shape index (κ3) is 964. The van der Waals surface area contributed by atoms with E-state index >= 15 is 0 Å². The summed E-state index contributed by atoms with van der Waals surface area (Å²) in [6.45, 7) is 0. The van der Waals surface area contributed by atoms with E-state index in [9.17, 15) is 0 Å². The maximum Gasteiger partial charge on any atom is 0.761 e. The first-order valence-corrected chi connectivity index (χ1v) is 3.91. The van der Waals surface area contributed by atoms with E-state index in [0.29, 0.717) is 0 Å². The van der Waals surface area contributed by atoms with Crippen molar-refractivity contribution in [2.24, 2.45) is 0 Å². The molecule has 11 nitrogen and oxygen atoms in total. The summed E-state index contributed by atoms with van der Waals surface area (Å²) in [5, 5.41) is 0. The third-order valence-electron chi connectivity index (χ3n) is 0. The fraction of sp³-hybridized carbons (Fsp3) is 0. The number of hydrogen-bond donors (Lipinski definition) is 4. The molecule has 0 amide bonds. The van der Waals surface area contributed by atoms with Gasteiger partial charge in [-0.05, 0) is 0 Å². The predicted molar refractivity (Wildman–Crippen MR) is 39.8 cm³/mol. The fourth-order valence-electron chi connectivity index (χ4n) is 0. The molecule has 0 aromatic carbocycles. The molecule has 0 bridgehead atoms. The fourth-order valence-corrected chi connectivity index (χ4v) is 0. The van der Waals surface area contributed by atoms with Crippen LogP contribution in [-0.2, 0) is 8.92 Å². The van der Waals surface area contributed by atoms with E-state index in [1.807, 2.05) is 0 Å². The molecular formula is H14O11Si2. The van der Waals surface area contributed by atoms with Gasteiger partial charge in [0.05, 0.1) is 0 Å². The molecule has 0 aliphatic rings. The van der Waals surface area contributed by atoms with Crippen molar-refractivity contribution in [3.05, 3.63) is 0 Å². The van der Waals surface area contributed by atoms with Gasteiger partial charge in [0.25, 0.3) is 0 Å². The van der Waals surface area contributed by atoms with Gasteiger partial charge in [0.1, 0.15) is 0 Å². The molecule has 0 fully saturated rings. The molecule has 0 unspecified atom stereocenters. The Bertz CT molecular complexity index is 66.1. The molecule has 0 heterocycles. The molecule has 88 valence electrons. The summed E-state index contributed by atoms with van der Waals surface area (Å²) >= 11 is 0. The molecule has 0 spiro atoms. The Labute approximate surface area is 74.9 Å². The minimum absolute atomic E-state index is 0. The van der Waals surface area contributed by atoms with Crippen LogP contribution < -0.4 is 0 Å². The molecule has 0 saturated carbocycles. The highest BCUT2D eigenvalue weighted by atomic mass is 28.3. The van der Waals surface area contributed by atoms with E-state index < -0.39 is 18.3 Å². The minimum atomic E-state index is -3.13.